The van der Waals surface area contributed by atoms with E-state index in [1.807, 2.05) is 0 Å². The number of aliphatic carboxylic acids is 1. The molecule has 0 aromatic heterocycles. The van der Waals surface area contributed by atoms with E-state index < -0.39 is 21.5 Å². The second kappa shape index (κ2) is 9.29. The summed E-state index contributed by atoms with van der Waals surface area (Å²) in [4.78, 5) is 9.66. The number of carboxylic acids is 1. The molecule has 0 aliphatic carbocycles. The minimum atomic E-state index is -4.34. The molecule has 0 fully saturated rings. The van der Waals surface area contributed by atoms with Crippen molar-refractivity contribution in [1.82, 2.24) is 0 Å². The Morgan fingerprint density at radius 2 is 1.75 bits per heavy atom. The van der Waals surface area contributed by atoms with E-state index in [4.69, 9.17) is 0 Å². The van der Waals surface area contributed by atoms with Gasteiger partial charge in [0.15, 0.2) is 0 Å². The number of hydrogen-bond acceptors (Lipinski definition) is 6. The molecule has 5 nitrogen and oxygen atoms in total. The van der Waals surface area contributed by atoms with Crippen LogP contribution in [0.3, 0.4) is 0 Å². The van der Waals surface area contributed by atoms with E-state index in [9.17, 15) is 22.9 Å². The molecule has 0 heterocycles. The molecular formula is C3H4Na2O5S2. The summed E-state index contributed by atoms with van der Waals surface area (Å²) in [6.45, 7) is 0. The molecule has 0 amide bonds. The van der Waals surface area contributed by atoms with E-state index in [1.165, 1.54) is 0 Å². The van der Waals surface area contributed by atoms with Crippen molar-refractivity contribution in [3.8, 4) is 0 Å². The third-order valence-corrected chi connectivity index (χ3v) is 2.56. The quantitative estimate of drug-likeness (QED) is 0.270. The van der Waals surface area contributed by atoms with Crippen molar-refractivity contribution in [2.75, 3.05) is 5.75 Å². The smallest absolute Gasteiger partial charge is 0.739 e. The van der Waals surface area contributed by atoms with Gasteiger partial charge < -0.3 is 14.5 Å². The summed E-state index contributed by atoms with van der Waals surface area (Å²) in [5.74, 6) is -1.62. The van der Waals surface area contributed by atoms with Gasteiger partial charge in [-0.05, 0) is 17.2 Å². The van der Waals surface area contributed by atoms with Crippen molar-refractivity contribution >= 4 is 25.9 Å². The van der Waals surface area contributed by atoms with Gasteiger partial charge in [-0.2, -0.15) is 0 Å². The zero-order valence-corrected chi connectivity index (χ0v) is 12.4. The Morgan fingerprint density at radius 1 is 1.33 bits per heavy atom. The van der Waals surface area contributed by atoms with Crippen LogP contribution in [0.25, 0.3) is 0 Å². The maximum Gasteiger partial charge on any atom is 1.00 e. The largest absolute Gasteiger partial charge is 1.00 e. The summed E-state index contributed by atoms with van der Waals surface area (Å²) in [7, 11) is -4.29. The first-order chi connectivity index (χ1) is 4.42. The molecule has 0 aromatic carbocycles. The minimum Gasteiger partial charge on any atom is -0.739 e. The van der Waals surface area contributed by atoms with Gasteiger partial charge in [-0.3, -0.25) is 0 Å². The molecule has 0 N–H and O–H groups in total. The fourth-order valence-corrected chi connectivity index (χ4v) is 1.54. The van der Waals surface area contributed by atoms with E-state index >= 15 is 0 Å². The van der Waals surface area contributed by atoms with Gasteiger partial charge in [0.25, 0.3) is 0 Å². The van der Waals surface area contributed by atoms with Gasteiger partial charge >= 0.3 is 59.1 Å². The molecule has 0 bridgehead atoms. The third-order valence-electron chi connectivity index (χ3n) is 0.534. The number of carboxylic acid groups (broad SMARTS) is 1. The Kier molecular flexibility index (Phi) is 15.0. The van der Waals surface area contributed by atoms with E-state index in [1.54, 1.807) is 0 Å². The van der Waals surface area contributed by atoms with Crippen LogP contribution < -0.4 is 64.2 Å². The maximum atomic E-state index is 9.81. The fourth-order valence-electron chi connectivity index (χ4n) is 0.227. The summed E-state index contributed by atoms with van der Waals surface area (Å²) >= 11 is 0. The Bertz CT molecular complexity index is 213. The SMILES string of the molecule is O=C([O-])CCSS(=O)(=O)[O-].[Na+].[Na+]. The summed E-state index contributed by atoms with van der Waals surface area (Å²) in [6.07, 6.45) is -0.424. The van der Waals surface area contributed by atoms with Gasteiger partial charge in [0.1, 0.15) is 9.15 Å². The molecule has 0 radical (unpaired) electrons. The number of hydrogen-bond donors (Lipinski definition) is 0. The van der Waals surface area contributed by atoms with Gasteiger partial charge in [0.2, 0.25) is 0 Å². The van der Waals surface area contributed by atoms with Gasteiger partial charge in [0.05, 0.1) is 0 Å². The fraction of sp³-hybridized carbons (Fsp3) is 0.667. The number of rotatable bonds is 4. The Labute approximate surface area is 118 Å². The van der Waals surface area contributed by atoms with Crippen molar-refractivity contribution in [3.05, 3.63) is 0 Å². The van der Waals surface area contributed by atoms with E-state index in [0.717, 1.165) is 0 Å². The molecule has 0 aliphatic rings. The molecule has 0 saturated carbocycles. The van der Waals surface area contributed by atoms with E-state index in [0.29, 0.717) is 0 Å². The standard InChI is InChI=1S/C3H6O5S2.2Na/c4-3(5)1-2-9-10(6,7)8;;/h1-2H2,(H,4,5)(H,6,7,8);;/q;2*+1/p-2. The number of carbonyl (C=O) groups excluding carboxylic acids is 1. The predicted octanol–water partition coefficient (Wildman–Crippen LogP) is -7.67. The van der Waals surface area contributed by atoms with Crippen LogP contribution in [0.15, 0.2) is 0 Å². The Morgan fingerprint density at radius 3 is 2.00 bits per heavy atom. The molecule has 9 heteroatoms. The van der Waals surface area contributed by atoms with Crippen molar-refractivity contribution in [3.63, 3.8) is 0 Å². The Balaban J connectivity index is -0.000000405. The molecule has 0 saturated heterocycles. The van der Waals surface area contributed by atoms with Crippen LogP contribution in [0.4, 0.5) is 0 Å². The molecule has 12 heavy (non-hydrogen) atoms. The maximum absolute atomic E-state index is 9.81. The van der Waals surface area contributed by atoms with Gasteiger partial charge in [-0.15, -0.1) is 0 Å². The first-order valence-corrected chi connectivity index (χ1v) is 5.13. The van der Waals surface area contributed by atoms with Crippen LogP contribution in [0.2, 0.25) is 0 Å². The molecule has 0 atom stereocenters. The van der Waals surface area contributed by atoms with Crippen LogP contribution in [-0.2, 0) is 13.9 Å². The summed E-state index contributed by atoms with van der Waals surface area (Å²) < 4.78 is 29.4. The molecule has 60 valence electrons. The molecular weight excluding hydrogens is 226 g/mol. The monoisotopic (exact) mass is 230 g/mol. The van der Waals surface area contributed by atoms with E-state index in [2.05, 4.69) is 0 Å². The van der Waals surface area contributed by atoms with Gasteiger partial charge in [-0.1, -0.05) is 0 Å². The van der Waals surface area contributed by atoms with Crippen LogP contribution in [-0.4, -0.2) is 24.7 Å². The van der Waals surface area contributed by atoms with E-state index in [-0.39, 0.29) is 75.7 Å². The van der Waals surface area contributed by atoms with Crippen LogP contribution in [0.1, 0.15) is 6.42 Å². The average Bonchev–Trinajstić information content (AvgIpc) is 1.59. The van der Waals surface area contributed by atoms with Crippen molar-refractivity contribution < 1.29 is 82.0 Å². The first-order valence-electron chi connectivity index (χ1n) is 2.22. The molecule has 0 aliphatic heterocycles. The molecule has 0 spiro atoms. The topological polar surface area (TPSA) is 97.3 Å². The van der Waals surface area contributed by atoms with Crippen LogP contribution in [0.5, 0.6) is 0 Å². The van der Waals surface area contributed by atoms with Crippen LogP contribution >= 0.6 is 10.8 Å². The molecule has 0 unspecified atom stereocenters. The van der Waals surface area contributed by atoms with Crippen molar-refractivity contribution in [1.29, 1.82) is 0 Å². The zero-order chi connectivity index (χ0) is 8.20. The van der Waals surface area contributed by atoms with Gasteiger partial charge in [0, 0.05) is 11.7 Å². The van der Waals surface area contributed by atoms with Crippen molar-refractivity contribution in [2.24, 2.45) is 0 Å². The second-order valence-corrected chi connectivity index (χ2v) is 4.74. The third kappa shape index (κ3) is 17.7. The molecule has 0 rings (SSSR count). The Hall–Kier alpha value is 1.73. The predicted molar refractivity (Wildman–Crippen MR) is 31.8 cm³/mol. The summed E-state index contributed by atoms with van der Waals surface area (Å²) in [5, 5.41) is 9.66. The summed E-state index contributed by atoms with van der Waals surface area (Å²) in [5.41, 5.74) is 0. The normalized spacial score (nSPS) is 9.42. The van der Waals surface area contributed by atoms with Crippen molar-refractivity contribution in [2.45, 2.75) is 6.42 Å². The average molecular weight is 230 g/mol. The second-order valence-electron chi connectivity index (χ2n) is 1.35. The first kappa shape index (κ1) is 19.3. The zero-order valence-electron chi connectivity index (χ0n) is 6.77. The van der Waals surface area contributed by atoms with Crippen LogP contribution in [0, 0.1) is 0 Å². The minimum absolute atomic E-state index is 0. The molecule has 0 aromatic rings. The summed E-state index contributed by atoms with van der Waals surface area (Å²) in [6, 6.07) is 0. The van der Waals surface area contributed by atoms with Gasteiger partial charge in [-0.25, -0.2) is 8.42 Å². The number of carbonyl (C=O) groups is 1.